The zero-order valence-electron chi connectivity index (χ0n) is 10.3. The number of hydrogen-bond acceptors (Lipinski definition) is 2. The summed E-state index contributed by atoms with van der Waals surface area (Å²) in [5.74, 6) is -0.724. The summed E-state index contributed by atoms with van der Waals surface area (Å²) in [7, 11) is 0. The van der Waals surface area contributed by atoms with E-state index in [9.17, 15) is 4.79 Å². The van der Waals surface area contributed by atoms with Gasteiger partial charge >= 0.3 is 0 Å². The molecule has 7 heteroatoms. The van der Waals surface area contributed by atoms with Crippen molar-refractivity contribution < 1.29 is 9.90 Å². The zero-order chi connectivity index (χ0) is 15.2. The Morgan fingerprint density at radius 2 is 2.05 bits per heavy atom. The van der Waals surface area contributed by atoms with E-state index in [2.05, 4.69) is 21.2 Å². The molecule has 0 spiro atoms. The molecule has 0 heterocycles. The Labute approximate surface area is 141 Å². The van der Waals surface area contributed by atoms with Gasteiger partial charge in [0.1, 0.15) is 0 Å². The van der Waals surface area contributed by atoms with Crippen molar-refractivity contribution in [1.82, 2.24) is 5.32 Å². The van der Waals surface area contributed by atoms with Gasteiger partial charge in [-0.3, -0.25) is 4.79 Å². The van der Waals surface area contributed by atoms with Crippen LogP contribution in [0.2, 0.25) is 0 Å². The molecule has 1 amide bonds. The van der Waals surface area contributed by atoms with Crippen molar-refractivity contribution in [2.24, 2.45) is 0 Å². The highest BCUT2D eigenvalue weighted by atomic mass is 79.9. The topological polar surface area (TPSA) is 49.3 Å². The van der Waals surface area contributed by atoms with E-state index in [1.54, 1.807) is 6.08 Å². The first-order chi connectivity index (χ1) is 9.34. The number of nitrogens with one attached hydrogen (secondary N) is 1. The van der Waals surface area contributed by atoms with Crippen LogP contribution in [-0.2, 0) is 4.79 Å². The van der Waals surface area contributed by atoms with Gasteiger partial charge in [-0.25, -0.2) is 0 Å². The third-order valence-corrected chi connectivity index (χ3v) is 3.66. The summed E-state index contributed by atoms with van der Waals surface area (Å²) in [6, 6.07) is 7.19. The monoisotopic (exact) mass is 399 g/mol. The second-order valence-corrected chi connectivity index (χ2v) is 7.11. The number of hydrogen-bond donors (Lipinski definition) is 2. The molecular formula is C13H13BrCl3NO2. The third kappa shape index (κ3) is 6.02. The summed E-state index contributed by atoms with van der Waals surface area (Å²) < 4.78 is -1.10. The van der Waals surface area contributed by atoms with E-state index in [1.165, 1.54) is 0 Å². The van der Waals surface area contributed by atoms with Crippen molar-refractivity contribution in [3.63, 3.8) is 0 Å². The quantitative estimate of drug-likeness (QED) is 0.739. The Morgan fingerprint density at radius 1 is 1.40 bits per heavy atom. The first kappa shape index (κ1) is 17.8. The molecular weight excluding hydrogens is 388 g/mol. The number of alkyl halides is 3. The first-order valence-corrected chi connectivity index (χ1v) is 7.68. The molecule has 3 nitrogen and oxygen atoms in total. The number of aliphatic hydroxyl groups is 1. The minimum Gasteiger partial charge on any atom is -0.396 e. The molecule has 1 aromatic carbocycles. The minimum absolute atomic E-state index is 0.0922. The highest BCUT2D eigenvalue weighted by Gasteiger charge is 2.31. The summed E-state index contributed by atoms with van der Waals surface area (Å²) in [5, 5.41) is 11.6. The average molecular weight is 402 g/mol. The maximum atomic E-state index is 11.6. The van der Waals surface area contributed by atoms with Crippen molar-refractivity contribution in [3.05, 3.63) is 40.4 Å². The number of halogens is 4. The van der Waals surface area contributed by atoms with Crippen LogP contribution in [0.3, 0.4) is 0 Å². The van der Waals surface area contributed by atoms with Gasteiger partial charge in [-0.1, -0.05) is 81.1 Å². The number of carbonyl (C=O) groups is 1. The summed E-state index contributed by atoms with van der Waals surface area (Å²) in [6.45, 7) is -0.0922. The average Bonchev–Trinajstić information content (AvgIpc) is 2.36. The van der Waals surface area contributed by atoms with Gasteiger partial charge in [-0.05, 0) is 18.1 Å². The second kappa shape index (κ2) is 8.25. The van der Waals surface area contributed by atoms with E-state index in [1.807, 2.05) is 30.3 Å². The fraction of sp³-hybridized carbons (Fsp3) is 0.308. The minimum atomic E-state index is -2.02. The van der Waals surface area contributed by atoms with Crippen molar-refractivity contribution >= 4 is 62.7 Å². The molecule has 1 atom stereocenters. The van der Waals surface area contributed by atoms with Crippen LogP contribution in [0.15, 0.2) is 34.8 Å². The van der Waals surface area contributed by atoms with Crippen molar-refractivity contribution in [1.29, 1.82) is 0 Å². The fourth-order valence-corrected chi connectivity index (χ4v) is 2.02. The lowest BCUT2D eigenvalue weighted by Crippen LogP contribution is -2.41. The molecule has 0 aliphatic heterocycles. The lowest BCUT2D eigenvalue weighted by Gasteiger charge is -2.17. The summed E-state index contributed by atoms with van der Waals surface area (Å²) >= 11 is 19.9. The van der Waals surface area contributed by atoms with Crippen LogP contribution < -0.4 is 5.32 Å². The van der Waals surface area contributed by atoms with Crippen molar-refractivity contribution in [2.45, 2.75) is 16.3 Å². The molecule has 110 valence electrons. The maximum Gasteiger partial charge on any atom is 0.272 e. The highest BCUT2D eigenvalue weighted by molar-refractivity contribution is 9.10. The van der Waals surface area contributed by atoms with Gasteiger partial charge in [0, 0.05) is 17.1 Å². The van der Waals surface area contributed by atoms with Crippen molar-refractivity contribution in [2.75, 3.05) is 6.61 Å². The smallest absolute Gasteiger partial charge is 0.272 e. The van der Waals surface area contributed by atoms with Gasteiger partial charge in [0.2, 0.25) is 0 Å². The predicted octanol–water partition coefficient (Wildman–Crippen LogP) is 3.70. The van der Waals surface area contributed by atoms with Crippen LogP contribution in [0.25, 0.3) is 6.08 Å². The zero-order valence-corrected chi connectivity index (χ0v) is 14.2. The number of rotatable bonds is 5. The van der Waals surface area contributed by atoms with E-state index in [0.717, 1.165) is 10.0 Å². The molecule has 0 radical (unpaired) electrons. The van der Waals surface area contributed by atoms with E-state index >= 15 is 0 Å². The second-order valence-electron chi connectivity index (χ2n) is 3.97. The van der Waals surface area contributed by atoms with Gasteiger partial charge in [0.05, 0.1) is 0 Å². The molecule has 0 fully saturated rings. The Hall–Kier alpha value is -0.260. The summed E-state index contributed by atoms with van der Waals surface area (Å²) in [4.78, 5) is 11.6. The molecule has 1 rings (SSSR count). The number of amides is 1. The molecule has 20 heavy (non-hydrogen) atoms. The van der Waals surface area contributed by atoms with E-state index < -0.39 is 15.7 Å². The molecule has 2 N–H and O–H groups in total. The molecule has 0 saturated heterocycles. The molecule has 0 aliphatic rings. The van der Waals surface area contributed by atoms with Gasteiger partial charge in [0.25, 0.3) is 9.70 Å². The molecule has 0 aliphatic carbocycles. The molecule has 0 aromatic heterocycles. The van der Waals surface area contributed by atoms with Gasteiger partial charge in [-0.15, -0.1) is 0 Å². The molecule has 0 unspecified atom stereocenters. The van der Waals surface area contributed by atoms with Gasteiger partial charge in [-0.2, -0.15) is 0 Å². The third-order valence-electron chi connectivity index (χ3n) is 2.43. The van der Waals surface area contributed by atoms with Crippen LogP contribution in [0, 0.1) is 0 Å². The van der Waals surface area contributed by atoms with Crippen LogP contribution >= 0.6 is 50.7 Å². The number of benzene rings is 1. The maximum absolute atomic E-state index is 11.6. The van der Waals surface area contributed by atoms with Gasteiger partial charge in [0.15, 0.2) is 0 Å². The van der Waals surface area contributed by atoms with Crippen LogP contribution in [-0.4, -0.2) is 27.5 Å². The molecule has 0 bridgehead atoms. The van der Waals surface area contributed by atoms with Crippen LogP contribution in [0.5, 0.6) is 0 Å². The van der Waals surface area contributed by atoms with Crippen LogP contribution in [0.1, 0.15) is 12.0 Å². The Balaban J connectivity index is 2.77. The lowest BCUT2D eigenvalue weighted by atomic mass is 10.1. The SMILES string of the molecule is O=C(N[C@H](/C=C/c1ccccc1Br)CCO)C(Cl)(Cl)Cl. The number of aliphatic hydroxyl groups excluding tert-OH is 1. The Bertz CT molecular complexity index is 489. The normalized spacial score (nSPS) is 13.4. The highest BCUT2D eigenvalue weighted by Crippen LogP contribution is 2.26. The number of carbonyl (C=O) groups excluding carboxylic acids is 1. The first-order valence-electron chi connectivity index (χ1n) is 5.76. The van der Waals surface area contributed by atoms with Crippen molar-refractivity contribution in [3.8, 4) is 0 Å². The predicted molar refractivity (Wildman–Crippen MR) is 87.1 cm³/mol. The molecule has 1 aromatic rings. The summed E-state index contributed by atoms with van der Waals surface area (Å²) in [5.41, 5.74) is 0.943. The Kier molecular flexibility index (Phi) is 7.34. The van der Waals surface area contributed by atoms with E-state index in [4.69, 9.17) is 39.9 Å². The van der Waals surface area contributed by atoms with E-state index in [0.29, 0.717) is 6.42 Å². The lowest BCUT2D eigenvalue weighted by molar-refractivity contribution is -0.120. The standard InChI is InChI=1S/C13H13BrCl3NO2/c14-11-4-2-1-3-9(11)5-6-10(7-8-19)18-12(20)13(15,16)17/h1-6,10,19H,7-8H2,(H,18,20)/b6-5+/t10-/m1/s1. The van der Waals surface area contributed by atoms with Gasteiger partial charge < -0.3 is 10.4 Å². The molecule has 0 saturated carbocycles. The summed E-state index contributed by atoms with van der Waals surface area (Å²) in [6.07, 6.45) is 3.89. The van der Waals surface area contributed by atoms with E-state index in [-0.39, 0.29) is 6.61 Å². The Morgan fingerprint density at radius 3 is 2.60 bits per heavy atom. The largest absolute Gasteiger partial charge is 0.396 e. The fourth-order valence-electron chi connectivity index (χ4n) is 1.44. The van der Waals surface area contributed by atoms with Crippen LogP contribution in [0.4, 0.5) is 0 Å².